The lowest BCUT2D eigenvalue weighted by Gasteiger charge is -2.44. The first-order valence-electron chi connectivity index (χ1n) is 14.2. The smallest absolute Gasteiger partial charge is 0.169 e. The molecule has 0 radical (unpaired) electrons. The molecule has 1 fully saturated rings. The van der Waals surface area contributed by atoms with Crippen molar-refractivity contribution in [3.8, 4) is 11.5 Å². The number of nitrogens with zero attached hydrogens (tertiary/aromatic N) is 2. The summed E-state index contributed by atoms with van der Waals surface area (Å²) in [4.78, 5) is 2.48. The van der Waals surface area contributed by atoms with Crippen molar-refractivity contribution in [2.45, 2.75) is 83.3 Å². The number of piperidine rings is 1. The second kappa shape index (κ2) is 11.2. The van der Waals surface area contributed by atoms with Gasteiger partial charge in [-0.05, 0) is 109 Å². The highest BCUT2D eigenvalue weighted by Crippen LogP contribution is 2.46. The van der Waals surface area contributed by atoms with Crippen LogP contribution in [-0.4, -0.2) is 51.7 Å². The maximum Gasteiger partial charge on any atom is 0.169 e. The van der Waals surface area contributed by atoms with E-state index in [2.05, 4.69) is 94.3 Å². The van der Waals surface area contributed by atoms with Gasteiger partial charge in [-0.15, -0.1) is 0 Å². The van der Waals surface area contributed by atoms with Crippen LogP contribution in [0.15, 0.2) is 42.6 Å². The first-order valence-corrected chi connectivity index (χ1v) is 16.3. The lowest BCUT2D eigenvalue weighted by molar-refractivity contribution is 0.256. The van der Waals surface area contributed by atoms with Crippen molar-refractivity contribution in [1.29, 1.82) is 0 Å². The Hall–Kier alpha value is -2.24. The summed E-state index contributed by atoms with van der Waals surface area (Å²) in [7, 11) is 3.79. The monoisotopic (exact) mass is 520 g/mol. The molecule has 0 N–H and O–H groups in total. The van der Waals surface area contributed by atoms with E-state index in [-0.39, 0.29) is 0 Å². The molecular weight excluding hydrogens is 472 g/mol. The Morgan fingerprint density at radius 1 is 0.811 bits per heavy atom. The van der Waals surface area contributed by atoms with Crippen LogP contribution in [-0.2, 0) is 6.42 Å². The minimum atomic E-state index is -1.86. The average molecular weight is 521 g/mol. The first kappa shape index (κ1) is 27.8. The van der Waals surface area contributed by atoms with Crippen LogP contribution in [0.25, 0.3) is 10.9 Å². The highest BCUT2D eigenvalue weighted by Gasteiger charge is 2.46. The Morgan fingerprint density at radius 3 is 1.95 bits per heavy atom. The zero-order valence-corrected chi connectivity index (χ0v) is 25.6. The Bertz CT molecular complexity index is 1180. The number of hydrogen-bond acceptors (Lipinski definition) is 3. The SMILES string of the molecule is COc1ccc(Cc2ccc3c(c2)c(C2CCN(C)CC2)cn3[Si](C(C)C)(C(C)C)C(C)C)cc1OC. The number of benzene rings is 2. The molecular formula is C32H48N2O2Si. The molecule has 37 heavy (non-hydrogen) atoms. The molecule has 4 rings (SSSR count). The van der Waals surface area contributed by atoms with Crippen LogP contribution in [0.5, 0.6) is 11.5 Å². The molecule has 3 aromatic rings. The summed E-state index contributed by atoms with van der Waals surface area (Å²) in [5.41, 5.74) is 7.63. The van der Waals surface area contributed by atoms with Crippen molar-refractivity contribution >= 4 is 19.1 Å². The fraction of sp³-hybridized carbons (Fsp3) is 0.562. The largest absolute Gasteiger partial charge is 0.493 e. The third kappa shape index (κ3) is 5.09. The van der Waals surface area contributed by atoms with Gasteiger partial charge in [-0.25, -0.2) is 0 Å². The molecule has 1 aromatic heterocycles. The number of aromatic nitrogens is 1. The lowest BCUT2D eigenvalue weighted by Crippen LogP contribution is -2.51. The average Bonchev–Trinajstić information content (AvgIpc) is 3.23. The molecule has 0 unspecified atom stereocenters. The maximum absolute atomic E-state index is 5.57. The van der Waals surface area contributed by atoms with E-state index in [0.29, 0.717) is 22.5 Å². The van der Waals surface area contributed by atoms with Crippen LogP contribution in [0, 0.1) is 0 Å². The van der Waals surface area contributed by atoms with Crippen LogP contribution in [0.2, 0.25) is 16.6 Å². The van der Waals surface area contributed by atoms with E-state index < -0.39 is 8.24 Å². The van der Waals surface area contributed by atoms with Gasteiger partial charge in [-0.3, -0.25) is 0 Å². The number of likely N-dealkylation sites (tertiary alicyclic amines) is 1. The van der Waals surface area contributed by atoms with Crippen molar-refractivity contribution in [3.63, 3.8) is 0 Å². The number of ether oxygens (including phenoxy) is 2. The quantitative estimate of drug-likeness (QED) is 0.267. The van der Waals surface area contributed by atoms with Gasteiger partial charge in [0.2, 0.25) is 0 Å². The van der Waals surface area contributed by atoms with E-state index in [1.165, 1.54) is 48.0 Å². The van der Waals surface area contributed by atoms with Crippen LogP contribution < -0.4 is 9.47 Å². The summed E-state index contributed by atoms with van der Waals surface area (Å²) in [6.07, 6.45) is 5.99. The molecule has 2 heterocycles. The third-order valence-corrected chi connectivity index (χ3v) is 15.9. The fourth-order valence-electron chi connectivity index (χ4n) is 7.44. The predicted molar refractivity (Wildman–Crippen MR) is 160 cm³/mol. The molecule has 0 bridgehead atoms. The van der Waals surface area contributed by atoms with Gasteiger partial charge in [0.25, 0.3) is 0 Å². The second-order valence-corrected chi connectivity index (χ2v) is 17.8. The summed E-state index contributed by atoms with van der Waals surface area (Å²) in [5.74, 6) is 2.20. The van der Waals surface area contributed by atoms with Crippen LogP contribution in [0.4, 0.5) is 0 Å². The Kier molecular flexibility index (Phi) is 8.44. The van der Waals surface area contributed by atoms with Crippen molar-refractivity contribution in [3.05, 3.63) is 59.3 Å². The Balaban J connectivity index is 1.85. The van der Waals surface area contributed by atoms with Gasteiger partial charge in [0.05, 0.1) is 14.2 Å². The molecule has 1 saturated heterocycles. The summed E-state index contributed by atoms with van der Waals surface area (Å²) in [6, 6.07) is 13.6. The van der Waals surface area contributed by atoms with Gasteiger partial charge in [-0.1, -0.05) is 53.7 Å². The van der Waals surface area contributed by atoms with Crippen molar-refractivity contribution < 1.29 is 9.47 Å². The fourth-order valence-corrected chi connectivity index (χ4v) is 14.1. The lowest BCUT2D eigenvalue weighted by atomic mass is 9.89. The number of hydrogen-bond donors (Lipinski definition) is 0. The van der Waals surface area contributed by atoms with E-state index in [4.69, 9.17) is 9.47 Å². The molecule has 0 aliphatic carbocycles. The standard InChI is InChI=1S/C32H48N2O2Si/c1-22(2)37(23(3)4,24(5)6)34-21-29(27-14-16-33(7)17-15-27)28-19-25(10-12-30(28)34)18-26-11-13-31(35-8)32(20-26)36-9/h10-13,19-24,27H,14-18H2,1-9H3. The van der Waals surface area contributed by atoms with Gasteiger partial charge in [-0.2, -0.15) is 0 Å². The molecule has 0 atom stereocenters. The molecule has 4 nitrogen and oxygen atoms in total. The van der Waals surface area contributed by atoms with Gasteiger partial charge >= 0.3 is 0 Å². The first-order chi connectivity index (χ1) is 17.6. The van der Waals surface area contributed by atoms with Gasteiger partial charge < -0.3 is 18.6 Å². The predicted octanol–water partition coefficient (Wildman–Crippen LogP) is 8.08. The topological polar surface area (TPSA) is 26.6 Å². The summed E-state index contributed by atoms with van der Waals surface area (Å²) < 4.78 is 13.9. The van der Waals surface area contributed by atoms with Crippen molar-refractivity contribution in [2.24, 2.45) is 0 Å². The minimum absolute atomic E-state index is 0.634. The molecule has 0 amide bonds. The highest BCUT2D eigenvalue weighted by atomic mass is 28.3. The summed E-state index contributed by atoms with van der Waals surface area (Å²) in [6.45, 7) is 17.2. The Morgan fingerprint density at radius 2 is 1.38 bits per heavy atom. The molecule has 1 aliphatic rings. The van der Waals surface area contributed by atoms with E-state index >= 15 is 0 Å². The van der Waals surface area contributed by atoms with E-state index in [0.717, 1.165) is 17.9 Å². The second-order valence-electron chi connectivity index (χ2n) is 12.1. The number of rotatable bonds is 9. The highest BCUT2D eigenvalue weighted by molar-refractivity contribution is 6.82. The number of fused-ring (bicyclic) bond motifs is 1. The summed E-state index contributed by atoms with van der Waals surface area (Å²) in [5, 5.41) is 1.48. The van der Waals surface area contributed by atoms with Crippen molar-refractivity contribution in [1.82, 2.24) is 9.13 Å². The molecule has 202 valence electrons. The number of methoxy groups -OCH3 is 2. The molecule has 2 aromatic carbocycles. The molecule has 1 aliphatic heterocycles. The van der Waals surface area contributed by atoms with Crippen LogP contribution in [0.3, 0.4) is 0 Å². The van der Waals surface area contributed by atoms with Crippen LogP contribution >= 0.6 is 0 Å². The van der Waals surface area contributed by atoms with Crippen LogP contribution in [0.1, 0.15) is 77.0 Å². The van der Waals surface area contributed by atoms with Gasteiger partial charge in [0.15, 0.2) is 19.7 Å². The molecule has 5 heteroatoms. The Labute approximate surface area is 226 Å². The third-order valence-electron chi connectivity index (χ3n) is 9.11. The summed E-state index contributed by atoms with van der Waals surface area (Å²) >= 11 is 0. The van der Waals surface area contributed by atoms with E-state index in [1.807, 2.05) is 6.07 Å². The van der Waals surface area contributed by atoms with Gasteiger partial charge in [0, 0.05) is 10.9 Å². The zero-order chi connectivity index (χ0) is 26.9. The maximum atomic E-state index is 5.57. The van der Waals surface area contributed by atoms with Crippen molar-refractivity contribution in [2.75, 3.05) is 34.4 Å². The van der Waals surface area contributed by atoms with E-state index in [9.17, 15) is 0 Å². The molecule has 0 spiro atoms. The van der Waals surface area contributed by atoms with E-state index in [1.54, 1.807) is 19.8 Å². The zero-order valence-electron chi connectivity index (χ0n) is 24.6. The molecule has 0 saturated carbocycles. The van der Waals surface area contributed by atoms with Gasteiger partial charge in [0.1, 0.15) is 0 Å². The normalized spacial score (nSPS) is 15.9. The minimum Gasteiger partial charge on any atom is -0.493 e.